The number of nitrogens with zero attached hydrogens (tertiary/aromatic N) is 3. The first-order valence-corrected chi connectivity index (χ1v) is 18.0. The number of carbonyl (C=O) groups excluding carboxylic acids is 4. The van der Waals surface area contributed by atoms with E-state index in [2.05, 4.69) is 9.72 Å². The highest BCUT2D eigenvalue weighted by Crippen LogP contribution is 2.66. The molecule has 0 spiro atoms. The van der Waals surface area contributed by atoms with E-state index in [1.807, 2.05) is 12.1 Å². The fraction of sp³-hybridized carbons (Fsp3) is 0.225. The van der Waals surface area contributed by atoms with Crippen LogP contribution in [-0.2, 0) is 19.2 Å². The molecule has 1 N–H and O–H groups in total. The third-order valence-electron chi connectivity index (χ3n) is 11.1. The number of benzene rings is 4. The molecule has 4 aliphatic rings. The number of alkyl halides is 5. The first kappa shape index (κ1) is 35.9. The van der Waals surface area contributed by atoms with E-state index >= 15 is 0 Å². The van der Waals surface area contributed by atoms with Crippen molar-refractivity contribution in [2.24, 2.45) is 17.8 Å². The molecule has 2 aliphatic carbocycles. The highest BCUT2D eigenvalue weighted by atomic mass is 35.5. The Hall–Kier alpha value is -5.73. The molecule has 4 aromatic carbocycles. The van der Waals surface area contributed by atoms with Crippen LogP contribution in [0.1, 0.15) is 24.3 Å². The van der Waals surface area contributed by atoms with Crippen LogP contribution in [0.25, 0.3) is 22.6 Å². The lowest BCUT2D eigenvalue weighted by Crippen LogP contribution is -2.60. The van der Waals surface area contributed by atoms with Crippen LogP contribution in [0.15, 0.2) is 107 Å². The van der Waals surface area contributed by atoms with Gasteiger partial charge in [0.2, 0.25) is 17.7 Å². The van der Waals surface area contributed by atoms with E-state index in [1.54, 1.807) is 42.5 Å². The van der Waals surface area contributed by atoms with Crippen molar-refractivity contribution >= 4 is 69.3 Å². The predicted molar refractivity (Wildman–Crippen MR) is 193 cm³/mol. The standard InChI is InChI=1S/C40H25Cl2F4N3O7/c41-38-18-27-24(14-15-25-31(27)35(52)48(34(25)51)21-9-5-19(6-10-21)33-47-28-3-1-2-4-30(28)55-33)32(26-17-23(13-16-29(26)50)56-40(44,45)46)39(38,42)37(54)49(36(38)53)22-11-7-20(43)8-12-22/h1-14,16-17,25,27,31-32,50H,15,18H2. The zero-order chi connectivity index (χ0) is 39.5. The van der Waals surface area contributed by atoms with Crippen LogP contribution in [0.3, 0.4) is 0 Å². The number of amides is 4. The first-order chi connectivity index (χ1) is 26.6. The van der Waals surface area contributed by atoms with Gasteiger partial charge in [-0.05, 0) is 97.6 Å². The van der Waals surface area contributed by atoms with Crippen LogP contribution in [0.2, 0.25) is 0 Å². The molecule has 10 nitrogen and oxygen atoms in total. The third-order valence-corrected chi connectivity index (χ3v) is 12.5. The van der Waals surface area contributed by atoms with Crippen LogP contribution in [0.4, 0.5) is 28.9 Å². The summed E-state index contributed by atoms with van der Waals surface area (Å²) >= 11 is 14.6. The summed E-state index contributed by atoms with van der Waals surface area (Å²) in [5, 5.41) is 11.2. The normalized spacial score (nSPS) is 27.4. The largest absolute Gasteiger partial charge is 0.573 e. The number of carbonyl (C=O) groups is 4. The Balaban J connectivity index is 1.14. The third kappa shape index (κ3) is 5.18. The summed E-state index contributed by atoms with van der Waals surface area (Å²) in [7, 11) is 0. The monoisotopic (exact) mass is 805 g/mol. The summed E-state index contributed by atoms with van der Waals surface area (Å²) in [5.41, 5.74) is 1.81. The van der Waals surface area contributed by atoms with Gasteiger partial charge in [-0.25, -0.2) is 14.3 Å². The van der Waals surface area contributed by atoms with E-state index in [0.29, 0.717) is 27.5 Å². The second kappa shape index (κ2) is 12.4. The number of ether oxygens (including phenoxy) is 1. The number of halogens is 6. The molecule has 56 heavy (non-hydrogen) atoms. The zero-order valence-corrected chi connectivity index (χ0v) is 30.0. The fourth-order valence-corrected chi connectivity index (χ4v) is 9.64. The highest BCUT2D eigenvalue weighted by molar-refractivity contribution is 6.58. The van der Waals surface area contributed by atoms with E-state index in [-0.39, 0.29) is 28.9 Å². The molecular formula is C40H25Cl2F4N3O7. The van der Waals surface area contributed by atoms with Crippen LogP contribution >= 0.6 is 23.2 Å². The number of imide groups is 2. The Morgan fingerprint density at radius 1 is 0.839 bits per heavy atom. The fourth-order valence-electron chi connectivity index (χ4n) is 8.71. The van der Waals surface area contributed by atoms with E-state index in [0.717, 1.165) is 47.4 Å². The van der Waals surface area contributed by atoms with Crippen LogP contribution < -0.4 is 14.5 Å². The number of rotatable bonds is 5. The number of oxazole rings is 1. The van der Waals surface area contributed by atoms with Gasteiger partial charge in [0, 0.05) is 17.0 Å². The minimum Gasteiger partial charge on any atom is -0.508 e. The molecule has 2 saturated heterocycles. The van der Waals surface area contributed by atoms with Gasteiger partial charge in [-0.3, -0.25) is 24.1 Å². The number of anilines is 2. The average Bonchev–Trinajstić information content (AvgIpc) is 3.75. The second-order valence-electron chi connectivity index (χ2n) is 14.1. The van der Waals surface area contributed by atoms with Crippen molar-refractivity contribution in [1.29, 1.82) is 0 Å². The maximum absolute atomic E-state index is 14.5. The number of phenols is 1. The smallest absolute Gasteiger partial charge is 0.508 e. The SMILES string of the molecule is O=C1C2CC=C3C(CC4(Cl)C(=O)N(c5ccc(F)cc5)C(=O)C4(Cl)C3c3cc(OC(F)(F)F)ccc3O)C2C(=O)N1c1ccc(-c2nc3ccccc3o2)cc1. The van der Waals surface area contributed by atoms with Gasteiger partial charge in [0.05, 0.1) is 23.2 Å². The molecular weight excluding hydrogens is 781 g/mol. The highest BCUT2D eigenvalue weighted by Gasteiger charge is 2.77. The molecule has 6 unspecified atom stereocenters. The molecule has 5 aromatic rings. The Morgan fingerprint density at radius 3 is 2.21 bits per heavy atom. The minimum atomic E-state index is -5.14. The van der Waals surface area contributed by atoms with Crippen molar-refractivity contribution in [2.75, 3.05) is 9.80 Å². The number of aromatic hydroxyl groups is 1. The number of hydrogen-bond acceptors (Lipinski definition) is 8. The predicted octanol–water partition coefficient (Wildman–Crippen LogP) is 8.01. The van der Waals surface area contributed by atoms with Gasteiger partial charge in [0.1, 0.15) is 22.8 Å². The second-order valence-corrected chi connectivity index (χ2v) is 15.3. The first-order valence-electron chi connectivity index (χ1n) is 17.3. The minimum absolute atomic E-state index is 0.0549. The van der Waals surface area contributed by atoms with Crippen molar-refractivity contribution < 1.29 is 51.0 Å². The van der Waals surface area contributed by atoms with E-state index < -0.39 is 87.1 Å². The Morgan fingerprint density at radius 2 is 1.52 bits per heavy atom. The lowest BCUT2D eigenvalue weighted by Gasteiger charge is -2.50. The van der Waals surface area contributed by atoms with Gasteiger partial charge in [-0.15, -0.1) is 36.4 Å². The summed E-state index contributed by atoms with van der Waals surface area (Å²) in [6.07, 6.45) is -4.08. The van der Waals surface area contributed by atoms with Gasteiger partial charge in [0.25, 0.3) is 11.8 Å². The van der Waals surface area contributed by atoms with Crippen LogP contribution in [0.5, 0.6) is 11.5 Å². The molecule has 2 aliphatic heterocycles. The molecule has 1 saturated carbocycles. The molecule has 6 atom stereocenters. The maximum atomic E-state index is 14.5. The van der Waals surface area contributed by atoms with Crippen molar-refractivity contribution in [3.63, 3.8) is 0 Å². The number of hydrogen-bond donors (Lipinski definition) is 1. The van der Waals surface area contributed by atoms with Gasteiger partial charge in [-0.1, -0.05) is 23.8 Å². The topological polar surface area (TPSA) is 130 Å². The molecule has 3 fully saturated rings. The summed E-state index contributed by atoms with van der Waals surface area (Å²) in [4.78, 5) is 58.9. The lowest BCUT2D eigenvalue weighted by molar-refractivity contribution is -0.274. The summed E-state index contributed by atoms with van der Waals surface area (Å²) < 4.78 is 64.2. The van der Waals surface area contributed by atoms with Gasteiger partial charge < -0.3 is 14.3 Å². The molecule has 9 rings (SSSR count). The number of para-hydroxylation sites is 2. The molecule has 16 heteroatoms. The van der Waals surface area contributed by atoms with E-state index in [9.17, 15) is 41.8 Å². The van der Waals surface area contributed by atoms with Crippen molar-refractivity contribution in [1.82, 2.24) is 4.98 Å². The van der Waals surface area contributed by atoms with Crippen molar-refractivity contribution in [3.8, 4) is 23.0 Å². The number of fused-ring (bicyclic) bond motifs is 5. The Kier molecular flexibility index (Phi) is 7.95. The molecule has 1 aromatic heterocycles. The molecule has 4 amide bonds. The molecule has 3 heterocycles. The number of phenolic OH excluding ortho intramolecular Hbond substituents is 1. The molecule has 284 valence electrons. The van der Waals surface area contributed by atoms with Gasteiger partial charge in [-0.2, -0.15) is 0 Å². The van der Waals surface area contributed by atoms with Gasteiger partial charge >= 0.3 is 6.36 Å². The van der Waals surface area contributed by atoms with Gasteiger partial charge in [0.15, 0.2) is 15.3 Å². The molecule has 0 bridgehead atoms. The summed E-state index contributed by atoms with van der Waals surface area (Å²) in [6, 6.07) is 20.5. The van der Waals surface area contributed by atoms with E-state index in [4.69, 9.17) is 27.6 Å². The zero-order valence-electron chi connectivity index (χ0n) is 28.5. The Labute approximate surface area is 323 Å². The van der Waals surface area contributed by atoms with E-state index in [1.165, 1.54) is 0 Å². The van der Waals surface area contributed by atoms with Crippen LogP contribution in [-0.4, -0.2) is 49.8 Å². The number of allylic oxidation sites excluding steroid dienone is 2. The quantitative estimate of drug-likeness (QED) is 0.0819. The molecule has 0 radical (unpaired) electrons. The van der Waals surface area contributed by atoms with Crippen molar-refractivity contribution in [2.45, 2.75) is 34.9 Å². The summed E-state index contributed by atoms with van der Waals surface area (Å²) in [5.74, 6) is -9.84. The number of aromatic nitrogens is 1. The lowest BCUT2D eigenvalue weighted by atomic mass is 9.56. The Bertz CT molecular complexity index is 2510. The van der Waals surface area contributed by atoms with Crippen molar-refractivity contribution in [3.05, 3.63) is 114 Å². The average molecular weight is 807 g/mol. The van der Waals surface area contributed by atoms with Crippen LogP contribution in [0, 0.1) is 23.6 Å². The summed E-state index contributed by atoms with van der Waals surface area (Å²) in [6.45, 7) is 0. The maximum Gasteiger partial charge on any atom is 0.573 e.